The van der Waals surface area contributed by atoms with E-state index < -0.39 is 17.7 Å². The summed E-state index contributed by atoms with van der Waals surface area (Å²) in [6.45, 7) is 0.266. The molecule has 0 aliphatic heterocycles. The molecule has 0 saturated carbocycles. The van der Waals surface area contributed by atoms with Gasteiger partial charge in [-0.1, -0.05) is 42.5 Å². The van der Waals surface area contributed by atoms with Gasteiger partial charge in [-0.05, 0) is 29.3 Å². The molecular weight excluding hydrogens is 383 g/mol. The number of rotatable bonds is 6. The first kappa shape index (κ1) is 20.4. The fourth-order valence-electron chi connectivity index (χ4n) is 2.68. The number of carbonyl (C=O) groups excluding carboxylic acids is 1. The van der Waals surface area contributed by atoms with E-state index in [-0.39, 0.29) is 18.9 Å². The second kappa shape index (κ2) is 8.77. The molecule has 4 nitrogen and oxygen atoms in total. The van der Waals surface area contributed by atoms with Crippen LogP contribution < -0.4 is 4.74 Å². The lowest BCUT2D eigenvalue weighted by atomic mass is 10.1. The molecule has 29 heavy (non-hydrogen) atoms. The van der Waals surface area contributed by atoms with E-state index in [2.05, 4.69) is 4.98 Å². The zero-order valence-corrected chi connectivity index (χ0v) is 15.6. The largest absolute Gasteiger partial charge is 0.473 e. The number of halogens is 3. The molecule has 7 heteroatoms. The molecule has 2 aromatic carbocycles. The summed E-state index contributed by atoms with van der Waals surface area (Å²) in [6, 6.07) is 17.4. The molecule has 0 aliphatic rings. The van der Waals surface area contributed by atoms with Crippen molar-refractivity contribution in [3.8, 4) is 17.1 Å². The number of carbonyl (C=O) groups is 1. The van der Waals surface area contributed by atoms with Gasteiger partial charge in [0.2, 0.25) is 5.88 Å². The Bertz CT molecular complexity index is 971. The van der Waals surface area contributed by atoms with E-state index >= 15 is 0 Å². The molecule has 0 fully saturated rings. The second-order valence-corrected chi connectivity index (χ2v) is 6.30. The molecule has 0 bridgehead atoms. The lowest BCUT2D eigenvalue weighted by molar-refractivity contribution is -0.140. The zero-order valence-electron chi connectivity index (χ0n) is 15.6. The fraction of sp³-hybridized carbons (Fsp3) is 0.182. The number of pyridine rings is 1. The maximum atomic E-state index is 12.8. The van der Waals surface area contributed by atoms with E-state index in [1.54, 1.807) is 12.1 Å². The van der Waals surface area contributed by atoms with Crippen LogP contribution in [0.25, 0.3) is 11.3 Å². The number of aromatic nitrogens is 1. The molecule has 0 spiro atoms. The number of nitrogens with zero attached hydrogens (tertiary/aromatic N) is 1. The summed E-state index contributed by atoms with van der Waals surface area (Å²) in [4.78, 5) is 16.1. The number of hydrogen-bond donors (Lipinski definition) is 0. The van der Waals surface area contributed by atoms with Crippen LogP contribution >= 0.6 is 0 Å². The van der Waals surface area contributed by atoms with Gasteiger partial charge in [0.15, 0.2) is 0 Å². The molecule has 1 heterocycles. The first-order valence-electron chi connectivity index (χ1n) is 8.77. The quantitative estimate of drug-likeness (QED) is 0.542. The van der Waals surface area contributed by atoms with E-state index in [1.807, 2.05) is 30.3 Å². The van der Waals surface area contributed by atoms with Gasteiger partial charge in [0.1, 0.15) is 6.61 Å². The highest BCUT2D eigenvalue weighted by Crippen LogP contribution is 2.31. The number of esters is 1. The first-order valence-corrected chi connectivity index (χ1v) is 8.77. The summed E-state index contributed by atoms with van der Waals surface area (Å²) in [5, 5.41) is 0. The number of methoxy groups -OCH3 is 1. The van der Waals surface area contributed by atoms with Crippen LogP contribution in [0.3, 0.4) is 0 Å². The Kier molecular flexibility index (Phi) is 6.16. The maximum Gasteiger partial charge on any atom is 0.416 e. The molecular formula is C22H18F3NO3. The second-order valence-electron chi connectivity index (χ2n) is 6.30. The molecule has 150 valence electrons. The molecule has 0 N–H and O–H groups in total. The highest BCUT2D eigenvalue weighted by atomic mass is 19.4. The lowest BCUT2D eigenvalue weighted by Crippen LogP contribution is -2.06. The zero-order chi connectivity index (χ0) is 20.9. The van der Waals surface area contributed by atoms with Crippen molar-refractivity contribution in [3.63, 3.8) is 0 Å². The summed E-state index contributed by atoms with van der Waals surface area (Å²) < 4.78 is 48.9. The minimum absolute atomic E-state index is 0.00560. The van der Waals surface area contributed by atoms with Gasteiger partial charge in [-0.15, -0.1) is 0 Å². The molecule has 0 atom stereocenters. The Balaban J connectivity index is 1.90. The van der Waals surface area contributed by atoms with Crippen LogP contribution in [0.4, 0.5) is 13.2 Å². The van der Waals surface area contributed by atoms with Crippen molar-refractivity contribution in [3.05, 3.63) is 83.4 Å². The summed E-state index contributed by atoms with van der Waals surface area (Å²) >= 11 is 0. The monoisotopic (exact) mass is 401 g/mol. The first-order chi connectivity index (χ1) is 13.8. The molecule has 0 amide bonds. The predicted molar refractivity (Wildman–Crippen MR) is 101 cm³/mol. The summed E-state index contributed by atoms with van der Waals surface area (Å²) in [5.41, 5.74) is 1.67. The van der Waals surface area contributed by atoms with E-state index in [0.29, 0.717) is 16.8 Å². The minimum Gasteiger partial charge on any atom is -0.473 e. The van der Waals surface area contributed by atoms with Gasteiger partial charge in [-0.2, -0.15) is 13.2 Å². The molecule has 0 unspecified atom stereocenters. The standard InChI is InChI=1S/C22H18F3NO3/c1-28-21(27)13-16-11-19(17-7-9-18(10-8-17)22(23,24)25)26-20(12-16)29-14-15-5-3-2-4-6-15/h2-12H,13-14H2,1H3. The van der Waals surface area contributed by atoms with E-state index in [1.165, 1.54) is 19.2 Å². The van der Waals surface area contributed by atoms with Gasteiger partial charge in [-0.25, -0.2) is 4.98 Å². The normalized spacial score (nSPS) is 11.2. The van der Waals surface area contributed by atoms with Crippen LogP contribution in [0.15, 0.2) is 66.7 Å². The number of benzene rings is 2. The van der Waals surface area contributed by atoms with E-state index in [0.717, 1.165) is 17.7 Å². The average molecular weight is 401 g/mol. The average Bonchev–Trinajstić information content (AvgIpc) is 2.72. The van der Waals surface area contributed by atoms with Gasteiger partial charge in [0.05, 0.1) is 24.8 Å². The van der Waals surface area contributed by atoms with Crippen molar-refractivity contribution in [2.24, 2.45) is 0 Å². The predicted octanol–water partition coefficient (Wildman–Crippen LogP) is 5.06. The topological polar surface area (TPSA) is 48.4 Å². The van der Waals surface area contributed by atoms with Crippen LogP contribution in [-0.4, -0.2) is 18.1 Å². The molecule has 0 aliphatic carbocycles. The highest BCUT2D eigenvalue weighted by Gasteiger charge is 2.30. The van der Waals surface area contributed by atoms with Crippen LogP contribution in [-0.2, 0) is 28.7 Å². The molecule has 0 saturated heterocycles. The Morgan fingerprint density at radius 2 is 1.66 bits per heavy atom. The van der Waals surface area contributed by atoms with Gasteiger partial charge >= 0.3 is 12.1 Å². The van der Waals surface area contributed by atoms with Gasteiger partial charge in [0, 0.05) is 11.6 Å². The Hall–Kier alpha value is -3.35. The van der Waals surface area contributed by atoms with Crippen molar-refractivity contribution in [1.29, 1.82) is 0 Å². The van der Waals surface area contributed by atoms with Gasteiger partial charge in [-0.3, -0.25) is 4.79 Å². The number of ether oxygens (including phenoxy) is 2. The van der Waals surface area contributed by atoms with Crippen molar-refractivity contribution in [1.82, 2.24) is 4.98 Å². The van der Waals surface area contributed by atoms with Crippen molar-refractivity contribution in [2.45, 2.75) is 19.2 Å². The number of alkyl halides is 3. The Labute approximate surface area is 165 Å². The van der Waals surface area contributed by atoms with Gasteiger partial charge < -0.3 is 9.47 Å². The highest BCUT2D eigenvalue weighted by molar-refractivity contribution is 5.73. The maximum absolute atomic E-state index is 12.8. The van der Waals surface area contributed by atoms with Crippen LogP contribution in [0.1, 0.15) is 16.7 Å². The van der Waals surface area contributed by atoms with Crippen molar-refractivity contribution < 1.29 is 27.4 Å². The third-order valence-corrected chi connectivity index (χ3v) is 4.18. The summed E-state index contributed by atoms with van der Waals surface area (Å²) in [6.07, 6.45) is -4.42. The van der Waals surface area contributed by atoms with Crippen LogP contribution in [0.5, 0.6) is 5.88 Å². The van der Waals surface area contributed by atoms with E-state index in [4.69, 9.17) is 9.47 Å². The summed E-state index contributed by atoms with van der Waals surface area (Å²) in [7, 11) is 1.28. The number of hydrogen-bond acceptors (Lipinski definition) is 4. The SMILES string of the molecule is COC(=O)Cc1cc(OCc2ccccc2)nc(-c2ccc(C(F)(F)F)cc2)c1. The molecule has 3 rings (SSSR count). The molecule has 1 aromatic heterocycles. The third-order valence-electron chi connectivity index (χ3n) is 4.18. The molecule has 0 radical (unpaired) electrons. The fourth-order valence-corrected chi connectivity index (χ4v) is 2.68. The van der Waals surface area contributed by atoms with E-state index in [9.17, 15) is 18.0 Å². The Morgan fingerprint density at radius 3 is 2.28 bits per heavy atom. The third kappa shape index (κ3) is 5.57. The van der Waals surface area contributed by atoms with Crippen molar-refractivity contribution >= 4 is 5.97 Å². The minimum atomic E-state index is -4.41. The lowest BCUT2D eigenvalue weighted by Gasteiger charge is -2.11. The van der Waals surface area contributed by atoms with Crippen LogP contribution in [0, 0.1) is 0 Å². The molecule has 3 aromatic rings. The van der Waals surface area contributed by atoms with Crippen LogP contribution in [0.2, 0.25) is 0 Å². The Morgan fingerprint density at radius 1 is 0.966 bits per heavy atom. The van der Waals surface area contributed by atoms with Crippen molar-refractivity contribution in [2.75, 3.05) is 7.11 Å². The summed E-state index contributed by atoms with van der Waals surface area (Å²) in [5.74, 6) is -0.172. The van der Waals surface area contributed by atoms with Gasteiger partial charge in [0.25, 0.3) is 0 Å². The smallest absolute Gasteiger partial charge is 0.416 e.